The molecule has 11 heteroatoms. The molecule has 0 bridgehead atoms. The molecule has 0 aliphatic carbocycles. The van der Waals surface area contributed by atoms with Crippen molar-refractivity contribution >= 4 is 34.5 Å². The molecule has 0 radical (unpaired) electrons. The van der Waals surface area contributed by atoms with Gasteiger partial charge in [-0.05, 0) is 58.7 Å². The van der Waals surface area contributed by atoms with E-state index in [9.17, 15) is 19.2 Å². The molecule has 2 aliphatic heterocycles. The number of aromatic nitrogens is 2. The van der Waals surface area contributed by atoms with Crippen LogP contribution >= 0.6 is 0 Å². The van der Waals surface area contributed by atoms with Crippen molar-refractivity contribution in [3.8, 4) is 0 Å². The Kier molecular flexibility index (Phi) is 6.30. The van der Waals surface area contributed by atoms with E-state index in [1.54, 1.807) is 40.7 Å². The van der Waals surface area contributed by atoms with Crippen molar-refractivity contribution in [3.05, 3.63) is 40.3 Å². The van der Waals surface area contributed by atoms with Gasteiger partial charge in [0.2, 0.25) is 11.8 Å². The average Bonchev–Trinajstić information content (AvgIpc) is 3.03. The van der Waals surface area contributed by atoms with Gasteiger partial charge in [0, 0.05) is 24.6 Å². The van der Waals surface area contributed by atoms with Crippen LogP contribution in [0.25, 0.3) is 16.6 Å². The second-order valence-corrected chi connectivity index (χ2v) is 10.5. The van der Waals surface area contributed by atoms with Crippen molar-refractivity contribution < 1.29 is 27.9 Å². The van der Waals surface area contributed by atoms with Crippen molar-refractivity contribution in [2.45, 2.75) is 71.1 Å². The third-order valence-electron chi connectivity index (χ3n) is 6.21. The number of piperidine rings is 1. The first-order valence-electron chi connectivity index (χ1n) is 11.9. The minimum Gasteiger partial charge on any atom is -0.444 e. The molecule has 1 N–H and O–H groups in total. The molecule has 3 amide bonds. The molecular formula is C25H30F2N4O5. The third-order valence-corrected chi connectivity index (χ3v) is 6.21. The quantitative estimate of drug-likeness (QED) is 0.643. The van der Waals surface area contributed by atoms with E-state index in [4.69, 9.17) is 4.74 Å². The number of alkyl halides is 2. The van der Waals surface area contributed by atoms with E-state index in [0.29, 0.717) is 11.0 Å². The van der Waals surface area contributed by atoms with Crippen molar-refractivity contribution in [3.63, 3.8) is 0 Å². The maximum Gasteiger partial charge on any atom is 0.410 e. The fourth-order valence-corrected chi connectivity index (χ4v) is 4.67. The SMILES string of the molecule is CC(C)n1c(=O)n(C2CCC(=O)NC2=O)c2ccc(C3=CCN(C(=O)OC(C)(C)C)CC3(F)F)cc21. The molecule has 36 heavy (non-hydrogen) atoms. The maximum atomic E-state index is 15.2. The predicted molar refractivity (Wildman–Crippen MR) is 129 cm³/mol. The molecule has 3 heterocycles. The van der Waals surface area contributed by atoms with Crippen LogP contribution in [-0.4, -0.2) is 56.6 Å². The molecule has 1 saturated heterocycles. The summed E-state index contributed by atoms with van der Waals surface area (Å²) >= 11 is 0. The molecular weight excluding hydrogens is 474 g/mol. The minimum absolute atomic E-state index is 0.0495. The van der Waals surface area contributed by atoms with Crippen molar-refractivity contribution in [2.24, 2.45) is 0 Å². The van der Waals surface area contributed by atoms with Gasteiger partial charge in [0.1, 0.15) is 11.6 Å². The highest BCUT2D eigenvalue weighted by molar-refractivity contribution is 6.00. The molecule has 2 aromatic rings. The lowest BCUT2D eigenvalue weighted by molar-refractivity contribution is -0.135. The number of imide groups is 1. The fourth-order valence-electron chi connectivity index (χ4n) is 4.67. The predicted octanol–water partition coefficient (Wildman–Crippen LogP) is 3.63. The Morgan fingerprint density at radius 3 is 2.44 bits per heavy atom. The fraction of sp³-hybridized carbons (Fsp3) is 0.520. The van der Waals surface area contributed by atoms with Gasteiger partial charge in [0.05, 0.1) is 17.6 Å². The number of hydrogen-bond donors (Lipinski definition) is 1. The van der Waals surface area contributed by atoms with Crippen LogP contribution in [0.4, 0.5) is 13.6 Å². The Labute approximate surface area is 206 Å². The van der Waals surface area contributed by atoms with Crippen LogP contribution in [0.5, 0.6) is 0 Å². The second kappa shape index (κ2) is 8.86. The summed E-state index contributed by atoms with van der Waals surface area (Å²) in [5.74, 6) is -4.31. The summed E-state index contributed by atoms with van der Waals surface area (Å²) in [6.07, 6.45) is 0.752. The number of nitrogens with zero attached hydrogens (tertiary/aromatic N) is 3. The van der Waals surface area contributed by atoms with Gasteiger partial charge in [0.25, 0.3) is 5.92 Å². The number of hydrogen-bond acceptors (Lipinski definition) is 5. The molecule has 0 saturated carbocycles. The van der Waals surface area contributed by atoms with Gasteiger partial charge in [-0.2, -0.15) is 8.78 Å². The Morgan fingerprint density at radius 1 is 1.17 bits per heavy atom. The molecule has 1 atom stereocenters. The van der Waals surface area contributed by atoms with E-state index < -0.39 is 47.7 Å². The van der Waals surface area contributed by atoms with E-state index >= 15 is 8.78 Å². The number of halogens is 2. The average molecular weight is 505 g/mol. The highest BCUT2D eigenvalue weighted by Gasteiger charge is 2.42. The molecule has 2 aliphatic rings. The molecule has 0 spiro atoms. The Balaban J connectivity index is 1.76. The molecule has 4 rings (SSSR count). The van der Waals surface area contributed by atoms with E-state index in [1.165, 1.54) is 27.3 Å². The molecule has 1 aromatic heterocycles. The Bertz CT molecular complexity index is 1330. The number of rotatable bonds is 3. The summed E-state index contributed by atoms with van der Waals surface area (Å²) in [4.78, 5) is 50.7. The maximum absolute atomic E-state index is 15.2. The number of benzene rings is 1. The summed E-state index contributed by atoms with van der Waals surface area (Å²) in [5.41, 5.74) is -0.470. The zero-order valence-corrected chi connectivity index (χ0v) is 20.9. The van der Waals surface area contributed by atoms with Gasteiger partial charge >= 0.3 is 11.8 Å². The number of amides is 3. The number of nitrogens with one attached hydrogen (secondary N) is 1. The Morgan fingerprint density at radius 2 is 1.86 bits per heavy atom. The number of carbonyl (C=O) groups excluding carboxylic acids is 3. The lowest BCUT2D eigenvalue weighted by Gasteiger charge is -2.34. The normalized spacial score (nSPS) is 20.5. The number of imidazole rings is 1. The zero-order valence-electron chi connectivity index (χ0n) is 20.9. The second-order valence-electron chi connectivity index (χ2n) is 10.5. The van der Waals surface area contributed by atoms with Crippen molar-refractivity contribution in [1.82, 2.24) is 19.4 Å². The van der Waals surface area contributed by atoms with Crippen LogP contribution in [0.2, 0.25) is 0 Å². The first kappa shape index (κ1) is 25.6. The van der Waals surface area contributed by atoms with E-state index in [-0.39, 0.29) is 36.6 Å². The van der Waals surface area contributed by atoms with Crippen LogP contribution in [0.3, 0.4) is 0 Å². The summed E-state index contributed by atoms with van der Waals surface area (Å²) in [5, 5.41) is 2.26. The highest BCUT2D eigenvalue weighted by atomic mass is 19.3. The minimum atomic E-state index is -3.35. The first-order valence-corrected chi connectivity index (χ1v) is 11.9. The molecule has 1 aromatic carbocycles. The van der Waals surface area contributed by atoms with Crippen LogP contribution in [-0.2, 0) is 14.3 Å². The topological polar surface area (TPSA) is 103 Å². The molecule has 1 fully saturated rings. The van der Waals surface area contributed by atoms with Gasteiger partial charge in [-0.3, -0.25) is 28.9 Å². The summed E-state index contributed by atoms with van der Waals surface area (Å²) < 4.78 is 38.5. The molecule has 1 unspecified atom stereocenters. The van der Waals surface area contributed by atoms with Gasteiger partial charge in [-0.1, -0.05) is 12.1 Å². The monoisotopic (exact) mass is 504 g/mol. The lowest BCUT2D eigenvalue weighted by atomic mass is 9.95. The third kappa shape index (κ3) is 4.66. The van der Waals surface area contributed by atoms with Gasteiger partial charge in [-0.25, -0.2) is 9.59 Å². The van der Waals surface area contributed by atoms with Crippen LogP contribution < -0.4 is 11.0 Å². The van der Waals surface area contributed by atoms with Gasteiger partial charge in [-0.15, -0.1) is 0 Å². The van der Waals surface area contributed by atoms with Gasteiger partial charge in [0.15, 0.2) is 0 Å². The zero-order chi connectivity index (χ0) is 26.6. The standard InChI is InChI=1S/C25H30F2N4O5/c1-14(2)30-19-12-15(16-10-11-29(13-25(16,26)27)23(35)36-24(3,4)5)6-7-17(19)31(22(30)34)18-8-9-20(32)28-21(18)33/h6-7,10,12,14,18H,8-9,11,13H2,1-5H3,(H,28,32,33). The summed E-state index contributed by atoms with van der Waals surface area (Å²) in [6, 6.07) is 3.36. The van der Waals surface area contributed by atoms with E-state index in [1.807, 2.05) is 0 Å². The smallest absolute Gasteiger partial charge is 0.410 e. The summed E-state index contributed by atoms with van der Waals surface area (Å²) in [7, 11) is 0. The largest absolute Gasteiger partial charge is 0.444 e. The van der Waals surface area contributed by atoms with Crippen molar-refractivity contribution in [2.75, 3.05) is 13.1 Å². The summed E-state index contributed by atoms with van der Waals surface area (Å²) in [6.45, 7) is 7.69. The highest BCUT2D eigenvalue weighted by Crippen LogP contribution is 2.38. The number of carbonyl (C=O) groups is 3. The van der Waals surface area contributed by atoms with Crippen LogP contribution in [0, 0.1) is 0 Å². The van der Waals surface area contributed by atoms with E-state index in [0.717, 1.165) is 4.90 Å². The molecule has 194 valence electrons. The number of fused-ring (bicyclic) bond motifs is 1. The van der Waals surface area contributed by atoms with Crippen LogP contribution in [0.1, 0.15) is 65.1 Å². The van der Waals surface area contributed by atoms with Crippen molar-refractivity contribution in [1.29, 1.82) is 0 Å². The Hall–Kier alpha value is -3.50. The number of ether oxygens (including phenoxy) is 1. The van der Waals surface area contributed by atoms with Gasteiger partial charge < -0.3 is 4.74 Å². The van der Waals surface area contributed by atoms with E-state index in [2.05, 4.69) is 5.32 Å². The first-order chi connectivity index (χ1) is 16.7. The molecule has 9 nitrogen and oxygen atoms in total. The van der Waals surface area contributed by atoms with Crippen LogP contribution in [0.15, 0.2) is 29.1 Å². The lowest BCUT2D eigenvalue weighted by Crippen LogP contribution is -2.46.